The number of rotatable bonds is 6. The molecule has 2 aromatic rings. The molecule has 0 atom stereocenters. The van der Waals surface area contributed by atoms with E-state index < -0.39 is 0 Å². The smallest absolute Gasteiger partial charge is 0.128 e. The van der Waals surface area contributed by atoms with Crippen molar-refractivity contribution in [3.05, 3.63) is 58.9 Å². The maximum absolute atomic E-state index is 14.2. The Balaban J connectivity index is 2.39. The highest BCUT2D eigenvalue weighted by Gasteiger charge is 2.08. The van der Waals surface area contributed by atoms with Gasteiger partial charge < -0.3 is 5.32 Å². The summed E-state index contributed by atoms with van der Waals surface area (Å²) in [4.78, 5) is 0. The molecular weight excluding hydrogens is 261 g/mol. The molecule has 1 nitrogen and oxygen atoms in total. The van der Waals surface area contributed by atoms with Gasteiger partial charge in [0.2, 0.25) is 0 Å². The second-order valence-corrected chi connectivity index (χ2v) is 5.29. The van der Waals surface area contributed by atoms with E-state index in [0.717, 1.165) is 36.1 Å². The molecule has 0 spiro atoms. The Morgan fingerprint density at radius 1 is 0.905 bits per heavy atom. The fraction of sp³-hybridized carbons (Fsp3) is 0.368. The highest BCUT2D eigenvalue weighted by molar-refractivity contribution is 5.68. The molecule has 0 amide bonds. The molecule has 0 fully saturated rings. The first-order valence-corrected chi connectivity index (χ1v) is 7.80. The Labute approximate surface area is 127 Å². The molecule has 112 valence electrons. The van der Waals surface area contributed by atoms with Crippen LogP contribution in [0.3, 0.4) is 0 Å². The zero-order valence-electron chi connectivity index (χ0n) is 13.2. The van der Waals surface area contributed by atoms with Gasteiger partial charge in [-0.15, -0.1) is 0 Å². The van der Waals surface area contributed by atoms with Crippen molar-refractivity contribution >= 4 is 0 Å². The van der Waals surface area contributed by atoms with Crippen molar-refractivity contribution in [3.63, 3.8) is 0 Å². The van der Waals surface area contributed by atoms with Crippen molar-refractivity contribution in [2.75, 3.05) is 6.54 Å². The van der Waals surface area contributed by atoms with Crippen LogP contribution in [0.5, 0.6) is 0 Å². The van der Waals surface area contributed by atoms with Crippen molar-refractivity contribution in [2.45, 2.75) is 40.2 Å². The van der Waals surface area contributed by atoms with E-state index in [1.54, 1.807) is 6.07 Å². The SMILES string of the molecule is CCNCc1ccc(-c2cc(CC)ccc2CC)cc1F. The van der Waals surface area contributed by atoms with Crippen molar-refractivity contribution in [1.82, 2.24) is 5.32 Å². The lowest BCUT2D eigenvalue weighted by Crippen LogP contribution is -2.12. The van der Waals surface area contributed by atoms with Crippen LogP contribution >= 0.6 is 0 Å². The second-order valence-electron chi connectivity index (χ2n) is 5.29. The summed E-state index contributed by atoms with van der Waals surface area (Å²) in [6.07, 6.45) is 1.96. The largest absolute Gasteiger partial charge is 0.313 e. The van der Waals surface area contributed by atoms with Gasteiger partial charge in [-0.2, -0.15) is 0 Å². The number of halogens is 1. The third-order valence-corrected chi connectivity index (χ3v) is 3.89. The minimum Gasteiger partial charge on any atom is -0.313 e. The van der Waals surface area contributed by atoms with Crippen LogP contribution in [0.4, 0.5) is 4.39 Å². The summed E-state index contributed by atoms with van der Waals surface area (Å²) in [6, 6.07) is 12.1. The van der Waals surface area contributed by atoms with Crippen molar-refractivity contribution in [1.29, 1.82) is 0 Å². The molecule has 0 aliphatic heterocycles. The van der Waals surface area contributed by atoms with Crippen LogP contribution < -0.4 is 5.32 Å². The van der Waals surface area contributed by atoms with E-state index in [4.69, 9.17) is 0 Å². The topological polar surface area (TPSA) is 12.0 Å². The predicted octanol–water partition coefficient (Wildman–Crippen LogP) is 4.73. The lowest BCUT2D eigenvalue weighted by atomic mass is 9.94. The molecule has 0 bridgehead atoms. The molecule has 0 saturated heterocycles. The van der Waals surface area contributed by atoms with E-state index in [2.05, 4.69) is 37.4 Å². The fourth-order valence-corrected chi connectivity index (χ4v) is 2.54. The molecule has 0 aliphatic rings. The normalized spacial score (nSPS) is 10.9. The van der Waals surface area contributed by atoms with E-state index >= 15 is 0 Å². The summed E-state index contributed by atoms with van der Waals surface area (Å²) in [5.41, 5.74) is 5.42. The van der Waals surface area contributed by atoms with Crippen molar-refractivity contribution < 1.29 is 4.39 Å². The summed E-state index contributed by atoms with van der Waals surface area (Å²) in [5, 5.41) is 3.17. The molecule has 0 aromatic heterocycles. The average Bonchev–Trinajstić information content (AvgIpc) is 2.53. The van der Waals surface area contributed by atoms with E-state index in [1.165, 1.54) is 11.1 Å². The van der Waals surface area contributed by atoms with Crippen molar-refractivity contribution in [3.8, 4) is 11.1 Å². The first-order chi connectivity index (χ1) is 10.2. The highest BCUT2D eigenvalue weighted by Crippen LogP contribution is 2.27. The van der Waals surface area contributed by atoms with Gasteiger partial charge in [0, 0.05) is 12.1 Å². The van der Waals surface area contributed by atoms with Gasteiger partial charge >= 0.3 is 0 Å². The van der Waals surface area contributed by atoms with E-state index in [9.17, 15) is 4.39 Å². The number of nitrogens with one attached hydrogen (secondary N) is 1. The summed E-state index contributed by atoms with van der Waals surface area (Å²) in [7, 11) is 0. The maximum Gasteiger partial charge on any atom is 0.128 e. The van der Waals surface area contributed by atoms with E-state index in [0.29, 0.717) is 6.54 Å². The molecule has 2 rings (SSSR count). The highest BCUT2D eigenvalue weighted by atomic mass is 19.1. The van der Waals surface area contributed by atoms with Crippen LogP contribution in [-0.4, -0.2) is 6.54 Å². The molecule has 0 radical (unpaired) electrons. The first kappa shape index (κ1) is 15.7. The number of hydrogen-bond donors (Lipinski definition) is 1. The molecule has 21 heavy (non-hydrogen) atoms. The first-order valence-electron chi connectivity index (χ1n) is 7.80. The molecule has 2 aromatic carbocycles. The molecule has 0 heterocycles. The van der Waals surface area contributed by atoms with Gasteiger partial charge in [-0.25, -0.2) is 4.39 Å². The van der Waals surface area contributed by atoms with Gasteiger partial charge in [0.1, 0.15) is 5.82 Å². The van der Waals surface area contributed by atoms with Crippen LogP contribution in [0.2, 0.25) is 0 Å². The number of benzene rings is 2. The molecule has 1 N–H and O–H groups in total. The summed E-state index contributed by atoms with van der Waals surface area (Å²) in [6.45, 7) is 7.74. The van der Waals surface area contributed by atoms with Crippen LogP contribution in [0.15, 0.2) is 36.4 Å². The molecule has 2 heteroatoms. The Morgan fingerprint density at radius 3 is 2.29 bits per heavy atom. The number of hydrogen-bond acceptors (Lipinski definition) is 1. The zero-order chi connectivity index (χ0) is 15.2. The minimum absolute atomic E-state index is 0.127. The summed E-state index contributed by atoms with van der Waals surface area (Å²) < 4.78 is 14.2. The van der Waals surface area contributed by atoms with Crippen molar-refractivity contribution in [2.24, 2.45) is 0 Å². The molecular formula is C19H24FN. The maximum atomic E-state index is 14.2. The van der Waals surface area contributed by atoms with E-state index in [-0.39, 0.29) is 5.82 Å². The van der Waals surface area contributed by atoms with Gasteiger partial charge in [-0.05, 0) is 47.7 Å². The van der Waals surface area contributed by atoms with Crippen LogP contribution in [-0.2, 0) is 19.4 Å². The zero-order valence-corrected chi connectivity index (χ0v) is 13.2. The van der Waals surface area contributed by atoms with E-state index in [1.807, 2.05) is 19.1 Å². The lowest BCUT2D eigenvalue weighted by Gasteiger charge is -2.12. The summed E-state index contributed by atoms with van der Waals surface area (Å²) >= 11 is 0. The van der Waals surface area contributed by atoms with Crippen LogP contribution in [0, 0.1) is 5.82 Å². The Kier molecular flexibility index (Phi) is 5.51. The van der Waals surface area contributed by atoms with Gasteiger partial charge in [0.25, 0.3) is 0 Å². The van der Waals surface area contributed by atoms with Crippen LogP contribution in [0.25, 0.3) is 11.1 Å². The molecule has 0 aliphatic carbocycles. The Bertz CT molecular complexity index is 605. The van der Waals surface area contributed by atoms with Gasteiger partial charge in [-0.3, -0.25) is 0 Å². The van der Waals surface area contributed by atoms with Gasteiger partial charge in [0.15, 0.2) is 0 Å². The standard InChI is InChI=1S/C19H24FN/c1-4-14-7-8-15(5-2)18(11-14)16-9-10-17(13-21-6-3)19(20)12-16/h7-12,21H,4-6,13H2,1-3H3. The molecule has 0 unspecified atom stereocenters. The fourth-order valence-electron chi connectivity index (χ4n) is 2.54. The third kappa shape index (κ3) is 3.70. The third-order valence-electron chi connectivity index (χ3n) is 3.89. The number of aryl methyl sites for hydroxylation is 2. The molecule has 0 saturated carbocycles. The Morgan fingerprint density at radius 2 is 1.67 bits per heavy atom. The predicted molar refractivity (Wildman–Crippen MR) is 88.0 cm³/mol. The van der Waals surface area contributed by atoms with Crippen LogP contribution in [0.1, 0.15) is 37.5 Å². The quantitative estimate of drug-likeness (QED) is 0.809. The summed E-state index contributed by atoms with van der Waals surface area (Å²) in [5.74, 6) is -0.127. The van der Waals surface area contributed by atoms with Gasteiger partial charge in [-0.1, -0.05) is 51.1 Å². The minimum atomic E-state index is -0.127. The van der Waals surface area contributed by atoms with Gasteiger partial charge in [0.05, 0.1) is 0 Å². The second kappa shape index (κ2) is 7.37. The lowest BCUT2D eigenvalue weighted by molar-refractivity contribution is 0.594. The monoisotopic (exact) mass is 285 g/mol. The average molecular weight is 285 g/mol. The Hall–Kier alpha value is -1.67.